The predicted molar refractivity (Wildman–Crippen MR) is 78.0 cm³/mol. The van der Waals surface area contributed by atoms with Gasteiger partial charge in [-0.05, 0) is 35.9 Å². The van der Waals surface area contributed by atoms with E-state index >= 15 is 0 Å². The van der Waals surface area contributed by atoms with Gasteiger partial charge in [-0.2, -0.15) is 0 Å². The summed E-state index contributed by atoms with van der Waals surface area (Å²) in [5.74, 6) is 0.887. The summed E-state index contributed by atoms with van der Waals surface area (Å²) in [5, 5.41) is 0.522. The van der Waals surface area contributed by atoms with Gasteiger partial charge in [0.1, 0.15) is 11.5 Å². The zero-order chi connectivity index (χ0) is 14.1. The maximum atomic E-state index is 11.9. The third-order valence-electron chi connectivity index (χ3n) is 3.11. The molecule has 0 N–H and O–H groups in total. The number of fused-ring (bicyclic) bond motifs is 1. The molecule has 0 fully saturated rings. The minimum atomic E-state index is -0.363. The largest absolute Gasteiger partial charge is 0.497 e. The summed E-state index contributed by atoms with van der Waals surface area (Å²) in [7, 11) is 1.58. The zero-order valence-corrected chi connectivity index (χ0v) is 11.5. The molecule has 1 aliphatic heterocycles. The molecule has 0 aromatic heterocycles. The molecule has 2 aromatic carbocycles. The molecule has 0 saturated heterocycles. The van der Waals surface area contributed by atoms with Gasteiger partial charge in [-0.15, -0.1) is 0 Å². The number of para-hydroxylation sites is 1. The maximum absolute atomic E-state index is 11.9. The van der Waals surface area contributed by atoms with E-state index in [2.05, 4.69) is 0 Å². The summed E-state index contributed by atoms with van der Waals surface area (Å²) >= 11 is 6.18. The summed E-state index contributed by atoms with van der Waals surface area (Å²) in [6, 6.07) is 12.6. The summed E-state index contributed by atoms with van der Waals surface area (Å²) in [6.07, 6.45) is 1.73. The Balaban J connectivity index is 2.07. The predicted octanol–water partition coefficient (Wildman–Crippen LogP) is 3.81. The SMILES string of the molecule is COc1ccc(/C=C2\C(=O)Oc3ccccc32)c(Cl)c1. The molecule has 0 radical (unpaired) electrons. The fraction of sp³-hybridized carbons (Fsp3) is 0.0625. The number of methoxy groups -OCH3 is 1. The second kappa shape index (κ2) is 5.02. The first-order valence-electron chi connectivity index (χ1n) is 6.06. The molecule has 3 rings (SSSR count). The molecular weight excluding hydrogens is 276 g/mol. The van der Waals surface area contributed by atoms with E-state index in [1.165, 1.54) is 0 Å². The van der Waals surface area contributed by atoms with Gasteiger partial charge in [-0.3, -0.25) is 0 Å². The van der Waals surface area contributed by atoms with Crippen molar-refractivity contribution in [3.05, 3.63) is 58.6 Å². The second-order valence-electron chi connectivity index (χ2n) is 4.33. The lowest BCUT2D eigenvalue weighted by Crippen LogP contribution is -2.00. The fourth-order valence-corrected chi connectivity index (χ4v) is 2.31. The second-order valence-corrected chi connectivity index (χ2v) is 4.74. The van der Waals surface area contributed by atoms with E-state index in [1.807, 2.05) is 24.3 Å². The average molecular weight is 287 g/mol. The lowest BCUT2D eigenvalue weighted by molar-refractivity contribution is -0.126. The molecule has 2 aromatic rings. The van der Waals surface area contributed by atoms with Crippen LogP contribution in [0, 0.1) is 0 Å². The Bertz CT molecular complexity index is 719. The molecule has 20 heavy (non-hydrogen) atoms. The van der Waals surface area contributed by atoms with Crippen molar-refractivity contribution in [2.45, 2.75) is 0 Å². The topological polar surface area (TPSA) is 35.5 Å². The standard InChI is InChI=1S/C16H11ClO3/c1-19-11-7-6-10(14(17)9-11)8-13-12-4-2-3-5-15(12)20-16(13)18/h2-9H,1H3/b13-8-. The van der Waals surface area contributed by atoms with Crippen molar-refractivity contribution in [2.75, 3.05) is 7.11 Å². The first kappa shape index (κ1) is 12.8. The Hall–Kier alpha value is -2.26. The van der Waals surface area contributed by atoms with E-state index in [9.17, 15) is 4.79 Å². The van der Waals surface area contributed by atoms with Gasteiger partial charge in [0, 0.05) is 5.56 Å². The lowest BCUT2D eigenvalue weighted by Gasteiger charge is -2.03. The van der Waals surface area contributed by atoms with Gasteiger partial charge in [0.05, 0.1) is 17.7 Å². The van der Waals surface area contributed by atoms with Crippen molar-refractivity contribution < 1.29 is 14.3 Å². The maximum Gasteiger partial charge on any atom is 0.344 e. The van der Waals surface area contributed by atoms with E-state index in [4.69, 9.17) is 21.1 Å². The number of hydrogen-bond donors (Lipinski definition) is 0. The molecule has 100 valence electrons. The van der Waals surface area contributed by atoms with Gasteiger partial charge >= 0.3 is 5.97 Å². The van der Waals surface area contributed by atoms with Crippen LogP contribution in [0.25, 0.3) is 11.6 Å². The highest BCUT2D eigenvalue weighted by Crippen LogP contribution is 2.36. The first-order valence-corrected chi connectivity index (χ1v) is 6.43. The van der Waals surface area contributed by atoms with Gasteiger partial charge in [0.25, 0.3) is 0 Å². The monoisotopic (exact) mass is 286 g/mol. The fourth-order valence-electron chi connectivity index (χ4n) is 2.09. The van der Waals surface area contributed by atoms with Crippen LogP contribution >= 0.6 is 11.6 Å². The molecule has 3 nitrogen and oxygen atoms in total. The molecule has 0 amide bonds. The third-order valence-corrected chi connectivity index (χ3v) is 3.43. The summed E-state index contributed by atoms with van der Waals surface area (Å²) < 4.78 is 10.3. The molecule has 1 heterocycles. The van der Waals surface area contributed by atoms with Crippen LogP contribution in [0.5, 0.6) is 11.5 Å². The quantitative estimate of drug-likeness (QED) is 0.478. The molecule has 0 aliphatic carbocycles. The van der Waals surface area contributed by atoms with E-state index in [1.54, 1.807) is 31.4 Å². The number of esters is 1. The van der Waals surface area contributed by atoms with Crippen LogP contribution in [0.15, 0.2) is 42.5 Å². The van der Waals surface area contributed by atoms with Crippen LogP contribution in [0.4, 0.5) is 0 Å². The van der Waals surface area contributed by atoms with Crippen LogP contribution in [0.3, 0.4) is 0 Å². The number of benzene rings is 2. The van der Waals surface area contributed by atoms with Crippen molar-refractivity contribution in [3.63, 3.8) is 0 Å². The van der Waals surface area contributed by atoms with Crippen LogP contribution in [0.2, 0.25) is 5.02 Å². The third kappa shape index (κ3) is 2.17. The number of carbonyl (C=O) groups is 1. The molecule has 0 atom stereocenters. The van der Waals surface area contributed by atoms with E-state index in [0.717, 1.165) is 11.1 Å². The zero-order valence-electron chi connectivity index (χ0n) is 10.7. The number of carbonyl (C=O) groups excluding carboxylic acids is 1. The Morgan fingerprint density at radius 1 is 1.20 bits per heavy atom. The van der Waals surface area contributed by atoms with Crippen molar-refractivity contribution in [3.8, 4) is 11.5 Å². The van der Waals surface area contributed by atoms with Crippen molar-refractivity contribution >= 4 is 29.2 Å². The van der Waals surface area contributed by atoms with Crippen LogP contribution in [-0.4, -0.2) is 13.1 Å². The Kier molecular flexibility index (Phi) is 3.20. The van der Waals surface area contributed by atoms with Crippen LogP contribution in [0.1, 0.15) is 11.1 Å². The number of hydrogen-bond acceptors (Lipinski definition) is 3. The summed E-state index contributed by atoms with van der Waals surface area (Å²) in [4.78, 5) is 11.9. The van der Waals surface area contributed by atoms with E-state index in [-0.39, 0.29) is 5.97 Å². The van der Waals surface area contributed by atoms with Crippen molar-refractivity contribution in [2.24, 2.45) is 0 Å². The molecular formula is C16H11ClO3. The van der Waals surface area contributed by atoms with Gasteiger partial charge in [-0.25, -0.2) is 4.79 Å². The average Bonchev–Trinajstić information content (AvgIpc) is 2.77. The highest BCUT2D eigenvalue weighted by molar-refractivity contribution is 6.33. The molecule has 1 aliphatic rings. The van der Waals surface area contributed by atoms with Crippen LogP contribution < -0.4 is 9.47 Å². The minimum absolute atomic E-state index is 0.363. The molecule has 4 heteroatoms. The van der Waals surface area contributed by atoms with Gasteiger partial charge in [0.15, 0.2) is 0 Å². The molecule has 0 unspecified atom stereocenters. The van der Waals surface area contributed by atoms with E-state index in [0.29, 0.717) is 22.1 Å². The van der Waals surface area contributed by atoms with Crippen LogP contribution in [-0.2, 0) is 4.79 Å². The molecule has 0 bridgehead atoms. The highest BCUT2D eigenvalue weighted by atomic mass is 35.5. The Morgan fingerprint density at radius 3 is 2.75 bits per heavy atom. The van der Waals surface area contributed by atoms with Crippen molar-refractivity contribution in [1.82, 2.24) is 0 Å². The summed E-state index contributed by atoms with van der Waals surface area (Å²) in [6.45, 7) is 0. The Morgan fingerprint density at radius 2 is 2.00 bits per heavy atom. The Labute approximate surface area is 121 Å². The van der Waals surface area contributed by atoms with Gasteiger partial charge < -0.3 is 9.47 Å². The normalized spacial score (nSPS) is 15.1. The first-order chi connectivity index (χ1) is 9.69. The van der Waals surface area contributed by atoms with Gasteiger partial charge in [-0.1, -0.05) is 29.8 Å². The van der Waals surface area contributed by atoms with Crippen molar-refractivity contribution in [1.29, 1.82) is 0 Å². The number of rotatable bonds is 2. The number of ether oxygens (including phenoxy) is 2. The number of halogens is 1. The summed E-state index contributed by atoms with van der Waals surface area (Å²) in [5.41, 5.74) is 2.04. The molecule has 0 spiro atoms. The smallest absolute Gasteiger partial charge is 0.344 e. The highest BCUT2D eigenvalue weighted by Gasteiger charge is 2.26. The minimum Gasteiger partial charge on any atom is -0.497 e. The van der Waals surface area contributed by atoms with E-state index < -0.39 is 0 Å². The molecule has 0 saturated carbocycles. The van der Waals surface area contributed by atoms with Gasteiger partial charge in [0.2, 0.25) is 0 Å². The lowest BCUT2D eigenvalue weighted by atomic mass is 10.0.